The van der Waals surface area contributed by atoms with E-state index >= 15 is 0 Å². The number of rotatable bonds is 8. The number of thioether (sulfide) groups is 1. The van der Waals surface area contributed by atoms with E-state index in [0.29, 0.717) is 28.8 Å². The third-order valence-electron chi connectivity index (χ3n) is 4.41. The van der Waals surface area contributed by atoms with Gasteiger partial charge in [0, 0.05) is 5.56 Å². The second-order valence-corrected chi connectivity index (χ2v) is 7.44. The summed E-state index contributed by atoms with van der Waals surface area (Å²) in [4.78, 5) is 24.6. The Morgan fingerprint density at radius 3 is 2.30 bits per heavy atom. The van der Waals surface area contributed by atoms with Crippen LogP contribution in [0.1, 0.15) is 15.9 Å². The number of hydrogen-bond acceptors (Lipinski definition) is 5. The van der Waals surface area contributed by atoms with Crippen molar-refractivity contribution in [3.63, 3.8) is 0 Å². The van der Waals surface area contributed by atoms with Gasteiger partial charge in [-0.2, -0.15) is 0 Å². The van der Waals surface area contributed by atoms with Crippen molar-refractivity contribution in [3.05, 3.63) is 107 Å². The van der Waals surface area contributed by atoms with Gasteiger partial charge in [0.25, 0.3) is 0 Å². The van der Waals surface area contributed by atoms with E-state index in [9.17, 15) is 9.59 Å². The van der Waals surface area contributed by atoms with Gasteiger partial charge >= 0.3 is 5.69 Å². The Hall–Kier alpha value is -3.58. The van der Waals surface area contributed by atoms with Crippen molar-refractivity contribution in [2.75, 3.05) is 5.75 Å². The van der Waals surface area contributed by atoms with E-state index in [1.54, 1.807) is 36.4 Å². The molecule has 1 N–H and O–H groups in total. The largest absolute Gasteiger partial charge is 0.489 e. The first-order valence-electron chi connectivity index (χ1n) is 9.36. The molecule has 0 fully saturated rings. The molecule has 150 valence electrons. The van der Waals surface area contributed by atoms with E-state index in [4.69, 9.17) is 4.74 Å². The van der Waals surface area contributed by atoms with Gasteiger partial charge in [-0.1, -0.05) is 72.4 Å². The predicted octanol–water partition coefficient (Wildman–Crippen LogP) is 4.11. The van der Waals surface area contributed by atoms with Gasteiger partial charge in [-0.05, 0) is 29.8 Å². The molecular weight excluding hydrogens is 398 g/mol. The van der Waals surface area contributed by atoms with Crippen LogP contribution in [0, 0.1) is 0 Å². The highest BCUT2D eigenvalue weighted by Gasteiger charge is 2.14. The van der Waals surface area contributed by atoms with Crippen LogP contribution in [0.3, 0.4) is 0 Å². The van der Waals surface area contributed by atoms with Crippen LogP contribution < -0.4 is 10.4 Å². The second-order valence-electron chi connectivity index (χ2n) is 6.49. The van der Waals surface area contributed by atoms with Crippen LogP contribution in [-0.2, 0) is 6.61 Å². The van der Waals surface area contributed by atoms with Crippen molar-refractivity contribution in [1.29, 1.82) is 0 Å². The smallest absolute Gasteiger partial charge is 0.348 e. The third-order valence-corrected chi connectivity index (χ3v) is 5.35. The highest BCUT2D eigenvalue weighted by atomic mass is 32.2. The minimum absolute atomic E-state index is 0.0211. The first-order valence-corrected chi connectivity index (χ1v) is 10.3. The number of benzene rings is 3. The number of carbonyl (C=O) groups excluding carboxylic acids is 1. The molecule has 1 heterocycles. The molecule has 0 saturated heterocycles. The first-order chi connectivity index (χ1) is 14.7. The zero-order valence-electron chi connectivity index (χ0n) is 16.0. The van der Waals surface area contributed by atoms with E-state index in [1.807, 2.05) is 48.5 Å². The average molecular weight is 417 g/mol. The zero-order chi connectivity index (χ0) is 20.8. The molecule has 0 amide bonds. The summed E-state index contributed by atoms with van der Waals surface area (Å²) in [7, 11) is 0. The molecule has 0 bridgehead atoms. The van der Waals surface area contributed by atoms with E-state index < -0.39 is 0 Å². The molecule has 4 aromatic rings. The Morgan fingerprint density at radius 1 is 0.933 bits per heavy atom. The van der Waals surface area contributed by atoms with Crippen molar-refractivity contribution < 1.29 is 9.53 Å². The highest BCUT2D eigenvalue weighted by Crippen LogP contribution is 2.21. The van der Waals surface area contributed by atoms with Crippen LogP contribution in [0.2, 0.25) is 0 Å². The number of hydrogen-bond donors (Lipinski definition) is 1. The van der Waals surface area contributed by atoms with Crippen LogP contribution >= 0.6 is 11.8 Å². The average Bonchev–Trinajstić information content (AvgIpc) is 3.18. The molecule has 30 heavy (non-hydrogen) atoms. The molecule has 0 saturated carbocycles. The summed E-state index contributed by atoms with van der Waals surface area (Å²) < 4.78 is 7.24. The topological polar surface area (TPSA) is 77.0 Å². The fourth-order valence-electron chi connectivity index (χ4n) is 2.88. The first kappa shape index (κ1) is 19.7. The van der Waals surface area contributed by atoms with Crippen LogP contribution in [0.4, 0.5) is 0 Å². The van der Waals surface area contributed by atoms with Crippen LogP contribution in [0.5, 0.6) is 5.75 Å². The summed E-state index contributed by atoms with van der Waals surface area (Å²) in [5, 5.41) is 6.95. The van der Waals surface area contributed by atoms with Gasteiger partial charge in [-0.3, -0.25) is 4.79 Å². The van der Waals surface area contributed by atoms with E-state index in [-0.39, 0.29) is 17.2 Å². The lowest BCUT2D eigenvalue weighted by molar-refractivity contribution is 0.102. The quantitative estimate of drug-likeness (QED) is 0.345. The maximum atomic E-state index is 12.3. The fraction of sp³-hybridized carbons (Fsp3) is 0.0870. The number of ketones is 1. The van der Waals surface area contributed by atoms with Crippen molar-refractivity contribution in [2.45, 2.75) is 11.8 Å². The van der Waals surface area contributed by atoms with Crippen molar-refractivity contribution >= 4 is 17.5 Å². The van der Waals surface area contributed by atoms with Gasteiger partial charge in [0.1, 0.15) is 12.4 Å². The molecule has 0 aliphatic rings. The Balaban J connectivity index is 1.44. The maximum absolute atomic E-state index is 12.3. The summed E-state index contributed by atoms with van der Waals surface area (Å²) in [5.41, 5.74) is 2.00. The molecule has 3 aromatic carbocycles. The number of aromatic nitrogens is 3. The maximum Gasteiger partial charge on any atom is 0.348 e. The molecule has 0 radical (unpaired) electrons. The monoisotopic (exact) mass is 417 g/mol. The van der Waals surface area contributed by atoms with Crippen molar-refractivity contribution in [3.8, 4) is 11.4 Å². The molecule has 6 nitrogen and oxygen atoms in total. The molecular formula is C23H19N3O3S. The number of nitrogens with zero attached hydrogens (tertiary/aromatic N) is 2. The summed E-state index contributed by atoms with van der Waals surface area (Å²) in [5.74, 6) is 0.868. The number of ether oxygens (including phenoxy) is 1. The van der Waals surface area contributed by atoms with Gasteiger partial charge in [0.2, 0.25) is 0 Å². The van der Waals surface area contributed by atoms with Gasteiger partial charge in [0.15, 0.2) is 10.9 Å². The number of H-pyrrole nitrogens is 1. The van der Waals surface area contributed by atoms with Gasteiger partial charge in [0.05, 0.1) is 11.4 Å². The van der Waals surface area contributed by atoms with Gasteiger partial charge in [-0.25, -0.2) is 14.5 Å². The normalized spacial score (nSPS) is 10.7. The second kappa shape index (κ2) is 9.28. The minimum Gasteiger partial charge on any atom is -0.489 e. The molecule has 1 aromatic heterocycles. The standard InChI is InChI=1S/C23H19N3O3S/c27-21(18-9-5-2-6-10-18)16-30-23-25-24-22(28)26(23)19-11-13-20(14-12-19)29-15-17-7-3-1-4-8-17/h1-14H,15-16H2,(H,24,28). The third kappa shape index (κ3) is 4.69. The Morgan fingerprint density at radius 2 is 1.60 bits per heavy atom. The molecule has 0 aliphatic carbocycles. The lowest BCUT2D eigenvalue weighted by Crippen LogP contribution is -2.16. The van der Waals surface area contributed by atoms with Gasteiger partial charge < -0.3 is 4.74 Å². The number of aromatic amines is 1. The lowest BCUT2D eigenvalue weighted by Gasteiger charge is -2.09. The number of nitrogens with one attached hydrogen (secondary N) is 1. The molecule has 0 atom stereocenters. The van der Waals surface area contributed by atoms with E-state index in [0.717, 1.165) is 5.56 Å². The van der Waals surface area contributed by atoms with Crippen molar-refractivity contribution in [1.82, 2.24) is 14.8 Å². The van der Waals surface area contributed by atoms with E-state index in [2.05, 4.69) is 10.2 Å². The molecule has 7 heteroatoms. The predicted molar refractivity (Wildman–Crippen MR) is 116 cm³/mol. The lowest BCUT2D eigenvalue weighted by atomic mass is 10.2. The molecule has 4 rings (SSSR count). The molecule has 0 spiro atoms. The van der Waals surface area contributed by atoms with Gasteiger partial charge in [-0.15, -0.1) is 5.10 Å². The Labute approximate surface area is 177 Å². The molecule has 0 unspecified atom stereocenters. The summed E-state index contributed by atoms with van der Waals surface area (Å²) in [6.45, 7) is 0.467. The van der Waals surface area contributed by atoms with Crippen LogP contribution in [0.15, 0.2) is 94.9 Å². The molecule has 0 aliphatic heterocycles. The Bertz CT molecular complexity index is 1170. The fourth-order valence-corrected chi connectivity index (χ4v) is 3.73. The zero-order valence-corrected chi connectivity index (χ0v) is 16.8. The van der Waals surface area contributed by atoms with E-state index in [1.165, 1.54) is 16.3 Å². The van der Waals surface area contributed by atoms with Crippen molar-refractivity contribution in [2.24, 2.45) is 0 Å². The number of Topliss-reactive ketones (excluding diaryl/α,β-unsaturated/α-hetero) is 1. The summed E-state index contributed by atoms with van der Waals surface area (Å²) in [6.07, 6.45) is 0. The Kier molecular flexibility index (Phi) is 6.10. The SMILES string of the molecule is O=C(CSc1n[nH]c(=O)n1-c1ccc(OCc2ccccc2)cc1)c1ccccc1. The number of carbonyl (C=O) groups is 1. The summed E-state index contributed by atoms with van der Waals surface area (Å²) >= 11 is 1.22. The van der Waals surface area contributed by atoms with Crippen LogP contribution in [-0.4, -0.2) is 26.3 Å². The van der Waals surface area contributed by atoms with Crippen LogP contribution in [0.25, 0.3) is 5.69 Å². The summed E-state index contributed by atoms with van der Waals surface area (Å²) in [6, 6.07) is 26.1. The minimum atomic E-state index is -0.359. The highest BCUT2D eigenvalue weighted by molar-refractivity contribution is 7.99.